The second-order valence-electron chi connectivity index (χ2n) is 3.80. The van der Waals surface area contributed by atoms with Crippen molar-refractivity contribution in [2.45, 2.75) is 11.3 Å². The van der Waals surface area contributed by atoms with Crippen LogP contribution in [-0.2, 0) is 26.6 Å². The molecule has 0 aliphatic carbocycles. The Morgan fingerprint density at radius 1 is 1.47 bits per heavy atom. The van der Waals surface area contributed by atoms with Crippen LogP contribution >= 0.6 is 0 Å². The van der Waals surface area contributed by atoms with Crippen LogP contribution in [0.4, 0.5) is 0 Å². The van der Waals surface area contributed by atoms with E-state index in [1.807, 2.05) is 0 Å². The molecule has 0 radical (unpaired) electrons. The molecule has 0 aromatic carbocycles. The Morgan fingerprint density at radius 2 is 2.11 bits per heavy atom. The van der Waals surface area contributed by atoms with E-state index in [9.17, 15) is 18.0 Å². The van der Waals surface area contributed by atoms with Gasteiger partial charge in [-0.25, -0.2) is 13.6 Å². The van der Waals surface area contributed by atoms with Gasteiger partial charge >= 0.3 is 5.97 Å². The number of aryl methyl sites for hydroxylation is 1. The van der Waals surface area contributed by atoms with E-state index in [1.165, 1.54) is 31.0 Å². The second kappa shape index (κ2) is 5.85. The fourth-order valence-corrected chi connectivity index (χ4v) is 1.97. The van der Waals surface area contributed by atoms with Gasteiger partial charge in [0.05, 0.1) is 13.5 Å². The average Bonchev–Trinajstić information content (AvgIpc) is 2.70. The van der Waals surface area contributed by atoms with E-state index < -0.39 is 21.9 Å². The lowest BCUT2D eigenvalue weighted by Gasteiger charge is -2.04. The minimum atomic E-state index is -3.85. The molecule has 0 saturated carbocycles. The predicted molar refractivity (Wildman–Crippen MR) is 65.8 cm³/mol. The molecule has 1 aromatic heterocycles. The Labute approximate surface area is 110 Å². The molecular weight excluding hydrogens is 274 g/mol. The summed E-state index contributed by atoms with van der Waals surface area (Å²) in [5.41, 5.74) is 0.133. The number of amides is 1. The fraction of sp³-hybridized carbons (Fsp3) is 0.400. The van der Waals surface area contributed by atoms with Crippen molar-refractivity contribution in [1.82, 2.24) is 9.88 Å². The van der Waals surface area contributed by atoms with E-state index in [-0.39, 0.29) is 23.6 Å². The highest BCUT2D eigenvalue weighted by atomic mass is 32.2. The van der Waals surface area contributed by atoms with Crippen molar-refractivity contribution in [2.24, 2.45) is 12.2 Å². The molecule has 0 spiro atoms. The van der Waals surface area contributed by atoms with Gasteiger partial charge in [0.2, 0.25) is 10.0 Å². The summed E-state index contributed by atoms with van der Waals surface area (Å²) < 4.78 is 28.0. The summed E-state index contributed by atoms with van der Waals surface area (Å²) in [7, 11) is -1.08. The Bertz CT molecular complexity index is 590. The highest BCUT2D eigenvalue weighted by molar-refractivity contribution is 7.89. The van der Waals surface area contributed by atoms with E-state index in [1.54, 1.807) is 0 Å². The third-order valence-electron chi connectivity index (χ3n) is 2.38. The first-order valence-electron chi connectivity index (χ1n) is 5.30. The van der Waals surface area contributed by atoms with Gasteiger partial charge < -0.3 is 14.6 Å². The molecule has 1 amide bonds. The number of nitrogens with two attached hydrogens (primary N) is 1. The molecule has 8 nitrogen and oxygen atoms in total. The van der Waals surface area contributed by atoms with Crippen LogP contribution in [0.1, 0.15) is 16.9 Å². The third kappa shape index (κ3) is 4.07. The zero-order valence-corrected chi connectivity index (χ0v) is 11.4. The zero-order valence-electron chi connectivity index (χ0n) is 10.5. The van der Waals surface area contributed by atoms with Crippen LogP contribution in [0.25, 0.3) is 0 Å². The molecule has 0 saturated heterocycles. The summed E-state index contributed by atoms with van der Waals surface area (Å²) in [6.45, 7) is 0.0986. The summed E-state index contributed by atoms with van der Waals surface area (Å²) in [6.07, 6.45) is 1.28. The van der Waals surface area contributed by atoms with Gasteiger partial charge in [0, 0.05) is 19.8 Å². The predicted octanol–water partition coefficient (Wildman–Crippen LogP) is -1.03. The molecule has 0 atom stereocenters. The van der Waals surface area contributed by atoms with Gasteiger partial charge in [0.1, 0.15) is 10.6 Å². The highest BCUT2D eigenvalue weighted by Crippen LogP contribution is 2.11. The van der Waals surface area contributed by atoms with E-state index in [0.29, 0.717) is 0 Å². The van der Waals surface area contributed by atoms with Crippen molar-refractivity contribution < 1.29 is 22.7 Å². The van der Waals surface area contributed by atoms with Gasteiger partial charge in [-0.05, 0) is 6.07 Å². The lowest BCUT2D eigenvalue weighted by molar-refractivity contribution is -0.140. The van der Waals surface area contributed by atoms with Crippen LogP contribution in [0.3, 0.4) is 0 Å². The maximum absolute atomic E-state index is 11.8. The monoisotopic (exact) mass is 289 g/mol. The Hall–Kier alpha value is -1.87. The first kappa shape index (κ1) is 15.2. The van der Waals surface area contributed by atoms with Gasteiger partial charge in [-0.15, -0.1) is 0 Å². The zero-order chi connectivity index (χ0) is 14.6. The smallest absolute Gasteiger partial charge is 0.307 e. The number of hydrogen-bond donors (Lipinski definition) is 2. The molecular formula is C10H15N3O5S. The van der Waals surface area contributed by atoms with Crippen LogP contribution in [0, 0.1) is 0 Å². The topological polar surface area (TPSA) is 120 Å². The number of hydrogen-bond acceptors (Lipinski definition) is 5. The number of ether oxygens (including phenoxy) is 1. The summed E-state index contributed by atoms with van der Waals surface area (Å²) in [6, 6.07) is 1.17. The highest BCUT2D eigenvalue weighted by Gasteiger charge is 2.17. The molecule has 0 unspecified atom stereocenters. The molecule has 1 heterocycles. The van der Waals surface area contributed by atoms with Crippen LogP contribution in [-0.4, -0.2) is 38.5 Å². The minimum absolute atomic E-state index is 0.0364. The Kier molecular flexibility index (Phi) is 4.67. The average molecular weight is 289 g/mol. The molecule has 3 N–H and O–H groups in total. The number of primary sulfonamides is 1. The maximum atomic E-state index is 11.8. The number of esters is 1. The lowest BCUT2D eigenvalue weighted by Crippen LogP contribution is -2.27. The number of nitrogens with one attached hydrogen (secondary N) is 1. The molecule has 1 aromatic rings. The van der Waals surface area contributed by atoms with E-state index in [4.69, 9.17) is 5.14 Å². The van der Waals surface area contributed by atoms with E-state index in [2.05, 4.69) is 10.1 Å². The van der Waals surface area contributed by atoms with Crippen LogP contribution < -0.4 is 10.5 Å². The van der Waals surface area contributed by atoms with Gasteiger partial charge in [0.25, 0.3) is 5.91 Å². The number of carbonyl (C=O) groups excluding carboxylic acids is 2. The van der Waals surface area contributed by atoms with Gasteiger partial charge in [-0.2, -0.15) is 0 Å². The Morgan fingerprint density at radius 3 is 2.58 bits per heavy atom. The van der Waals surface area contributed by atoms with Crippen molar-refractivity contribution in [3.05, 3.63) is 18.0 Å². The van der Waals surface area contributed by atoms with E-state index in [0.717, 1.165) is 0 Å². The minimum Gasteiger partial charge on any atom is -0.469 e. The van der Waals surface area contributed by atoms with Gasteiger partial charge in [0.15, 0.2) is 0 Å². The number of carbonyl (C=O) groups is 2. The molecule has 9 heteroatoms. The van der Waals surface area contributed by atoms with Crippen molar-refractivity contribution in [1.29, 1.82) is 0 Å². The van der Waals surface area contributed by atoms with Crippen molar-refractivity contribution in [3.8, 4) is 0 Å². The third-order valence-corrected chi connectivity index (χ3v) is 3.26. The van der Waals surface area contributed by atoms with Crippen LogP contribution in [0.15, 0.2) is 17.2 Å². The maximum Gasteiger partial charge on any atom is 0.307 e. The van der Waals surface area contributed by atoms with Crippen molar-refractivity contribution in [2.75, 3.05) is 13.7 Å². The molecule has 106 valence electrons. The van der Waals surface area contributed by atoms with Crippen LogP contribution in [0.5, 0.6) is 0 Å². The first-order valence-corrected chi connectivity index (χ1v) is 6.84. The van der Waals surface area contributed by atoms with Gasteiger partial charge in [-0.3, -0.25) is 9.59 Å². The summed E-state index contributed by atoms with van der Waals surface area (Å²) in [5, 5.41) is 7.44. The van der Waals surface area contributed by atoms with Crippen LogP contribution in [0.2, 0.25) is 0 Å². The SMILES string of the molecule is COC(=O)CCNC(=O)c1cc(S(N)(=O)=O)cn1C. The standard InChI is InChI=1S/C10H15N3O5S/c1-13-6-7(19(11,16)17)5-8(13)10(15)12-4-3-9(14)18-2/h5-6H,3-4H2,1-2H3,(H,12,15)(H2,11,16,17). The largest absolute Gasteiger partial charge is 0.469 e. The van der Waals surface area contributed by atoms with Gasteiger partial charge in [-0.1, -0.05) is 0 Å². The van der Waals surface area contributed by atoms with Crippen molar-refractivity contribution >= 4 is 21.9 Å². The van der Waals surface area contributed by atoms with E-state index >= 15 is 0 Å². The summed E-state index contributed by atoms with van der Waals surface area (Å²) >= 11 is 0. The fourth-order valence-electron chi connectivity index (χ4n) is 1.39. The molecule has 0 aliphatic heterocycles. The summed E-state index contributed by atoms with van der Waals surface area (Å²) in [4.78, 5) is 22.5. The summed E-state index contributed by atoms with van der Waals surface area (Å²) in [5.74, 6) is -0.946. The first-order chi connectivity index (χ1) is 8.75. The number of aromatic nitrogens is 1. The number of methoxy groups -OCH3 is 1. The molecule has 0 fully saturated rings. The molecule has 0 bridgehead atoms. The molecule has 1 rings (SSSR count). The van der Waals surface area contributed by atoms with Crippen molar-refractivity contribution in [3.63, 3.8) is 0 Å². The second-order valence-corrected chi connectivity index (χ2v) is 5.36. The quantitative estimate of drug-likeness (QED) is 0.671. The number of rotatable bonds is 5. The number of sulfonamides is 1. The number of nitrogens with zero attached hydrogens (tertiary/aromatic N) is 1. The Balaban J connectivity index is 2.73. The lowest BCUT2D eigenvalue weighted by atomic mass is 10.3. The normalized spacial score (nSPS) is 11.1. The molecule has 19 heavy (non-hydrogen) atoms. The molecule has 0 aliphatic rings.